The van der Waals surface area contributed by atoms with Gasteiger partial charge in [-0.25, -0.2) is 0 Å². The van der Waals surface area contributed by atoms with Crippen LogP contribution in [0.1, 0.15) is 5.56 Å². The number of rotatable bonds is 0. The van der Waals surface area contributed by atoms with Crippen LogP contribution in [-0.4, -0.2) is 20.4 Å². The third-order valence-electron chi connectivity index (χ3n) is 1.80. The fraction of sp³-hybridized carbons (Fsp3) is 0.125. The van der Waals surface area contributed by atoms with Gasteiger partial charge in [0.2, 0.25) is 0 Å². The molecule has 13 heavy (non-hydrogen) atoms. The van der Waals surface area contributed by atoms with Gasteiger partial charge in [-0.3, -0.25) is 4.79 Å². The highest BCUT2D eigenvalue weighted by molar-refractivity contribution is 5.77. The fourth-order valence-corrected chi connectivity index (χ4v) is 1.15. The summed E-state index contributed by atoms with van der Waals surface area (Å²) in [5.74, 6) is 0. The number of fused-ring (bicyclic) bond motifs is 1. The summed E-state index contributed by atoms with van der Waals surface area (Å²) in [6.45, 7) is 1.86. The lowest BCUT2D eigenvalue weighted by Gasteiger charge is -1.97. The molecule has 0 amide bonds. The molecular weight excluding hydrogens is 170 g/mol. The molecule has 5 heteroatoms. The van der Waals surface area contributed by atoms with Crippen molar-refractivity contribution in [3.63, 3.8) is 0 Å². The van der Waals surface area contributed by atoms with Gasteiger partial charge in [0.05, 0.1) is 5.39 Å². The van der Waals surface area contributed by atoms with E-state index >= 15 is 0 Å². The maximum Gasteiger partial charge on any atom is 0.314 e. The lowest BCUT2D eigenvalue weighted by molar-refractivity contribution is 0.127. The van der Waals surface area contributed by atoms with Crippen molar-refractivity contribution in [3.05, 3.63) is 34.1 Å². The van der Waals surface area contributed by atoms with Crippen LogP contribution in [0.15, 0.2) is 23.0 Å². The van der Waals surface area contributed by atoms with E-state index in [1.54, 1.807) is 12.1 Å². The standard InChI is InChI=1S/C8H7N3O2/c1-5-2-3-7-6(4-5)8(12)11(13)10-9-7/h2-4,13H,1H3. The third-order valence-corrected chi connectivity index (χ3v) is 1.80. The summed E-state index contributed by atoms with van der Waals surface area (Å²) in [4.78, 5) is 11.5. The first kappa shape index (κ1) is 7.72. The largest absolute Gasteiger partial charge is 0.407 e. The van der Waals surface area contributed by atoms with Crippen molar-refractivity contribution in [2.24, 2.45) is 0 Å². The van der Waals surface area contributed by atoms with Crippen molar-refractivity contribution in [1.29, 1.82) is 0 Å². The number of hydrogen-bond donors (Lipinski definition) is 1. The van der Waals surface area contributed by atoms with E-state index in [1.165, 1.54) is 0 Å². The van der Waals surface area contributed by atoms with Crippen LogP contribution in [0.3, 0.4) is 0 Å². The Bertz CT molecular complexity index is 513. The topological polar surface area (TPSA) is 68.0 Å². The third kappa shape index (κ3) is 1.14. The molecule has 0 aliphatic rings. The van der Waals surface area contributed by atoms with Crippen molar-refractivity contribution >= 4 is 10.9 Å². The van der Waals surface area contributed by atoms with Crippen molar-refractivity contribution in [3.8, 4) is 0 Å². The molecule has 0 fully saturated rings. The molecule has 0 unspecified atom stereocenters. The van der Waals surface area contributed by atoms with Crippen molar-refractivity contribution < 1.29 is 5.21 Å². The molecule has 0 bridgehead atoms. The number of hydrogen-bond acceptors (Lipinski definition) is 4. The highest BCUT2D eigenvalue weighted by Gasteiger charge is 2.03. The average molecular weight is 177 g/mol. The molecule has 1 aromatic heterocycles. The first-order valence-corrected chi connectivity index (χ1v) is 3.74. The van der Waals surface area contributed by atoms with Gasteiger partial charge in [0.1, 0.15) is 5.52 Å². The van der Waals surface area contributed by atoms with Crippen LogP contribution in [0.25, 0.3) is 10.9 Å². The van der Waals surface area contributed by atoms with Gasteiger partial charge in [-0.1, -0.05) is 11.6 Å². The van der Waals surface area contributed by atoms with Gasteiger partial charge in [0, 0.05) is 0 Å². The fourth-order valence-electron chi connectivity index (χ4n) is 1.15. The Kier molecular flexibility index (Phi) is 1.51. The van der Waals surface area contributed by atoms with Crippen molar-refractivity contribution in [1.82, 2.24) is 15.2 Å². The van der Waals surface area contributed by atoms with Gasteiger partial charge in [-0.15, -0.1) is 5.10 Å². The Labute approximate surface area is 73.2 Å². The highest BCUT2D eigenvalue weighted by atomic mass is 16.5. The molecule has 66 valence electrons. The predicted molar refractivity (Wildman–Crippen MR) is 45.7 cm³/mol. The van der Waals surface area contributed by atoms with Gasteiger partial charge >= 0.3 is 5.56 Å². The SMILES string of the molecule is Cc1ccc2nnn(O)c(=O)c2c1. The molecule has 2 rings (SSSR count). The average Bonchev–Trinajstić information content (AvgIpc) is 2.12. The van der Waals surface area contributed by atoms with Crippen molar-refractivity contribution in [2.75, 3.05) is 0 Å². The zero-order valence-electron chi connectivity index (χ0n) is 6.93. The maximum atomic E-state index is 11.3. The number of benzene rings is 1. The van der Waals surface area contributed by atoms with E-state index in [4.69, 9.17) is 5.21 Å². The first-order chi connectivity index (χ1) is 6.18. The van der Waals surface area contributed by atoms with Gasteiger partial charge in [-0.05, 0) is 29.1 Å². The van der Waals surface area contributed by atoms with E-state index in [9.17, 15) is 4.79 Å². The van der Waals surface area contributed by atoms with E-state index in [0.717, 1.165) is 5.56 Å². The number of aromatic nitrogens is 3. The quantitative estimate of drug-likeness (QED) is 0.589. The van der Waals surface area contributed by atoms with E-state index < -0.39 is 5.56 Å². The Balaban J connectivity index is 2.97. The summed E-state index contributed by atoms with van der Waals surface area (Å²) >= 11 is 0. The summed E-state index contributed by atoms with van der Waals surface area (Å²) in [5.41, 5.74) is 0.882. The monoisotopic (exact) mass is 177 g/mol. The molecule has 0 aliphatic carbocycles. The summed E-state index contributed by atoms with van der Waals surface area (Å²) in [6.07, 6.45) is 0. The second kappa shape index (κ2) is 2.55. The highest BCUT2D eigenvalue weighted by Crippen LogP contribution is 2.07. The predicted octanol–water partition coefficient (Wildman–Crippen LogP) is 0.337. The Hall–Kier alpha value is -1.91. The molecule has 0 atom stereocenters. The van der Waals surface area contributed by atoms with Gasteiger partial charge in [0.25, 0.3) is 0 Å². The molecule has 2 aromatic rings. The lowest BCUT2D eigenvalue weighted by Crippen LogP contribution is -2.21. The Morgan fingerprint density at radius 3 is 3.00 bits per heavy atom. The molecule has 0 radical (unpaired) electrons. The summed E-state index contributed by atoms with van der Waals surface area (Å²) < 4.78 is 0. The molecule has 0 aliphatic heterocycles. The van der Waals surface area contributed by atoms with Crippen molar-refractivity contribution in [2.45, 2.75) is 6.92 Å². The van der Waals surface area contributed by atoms with Crippen LogP contribution in [-0.2, 0) is 0 Å². The Morgan fingerprint density at radius 1 is 1.46 bits per heavy atom. The molecule has 0 saturated heterocycles. The van der Waals surface area contributed by atoms with Crippen LogP contribution < -0.4 is 5.56 Å². The van der Waals surface area contributed by atoms with Gasteiger partial charge in [-0.2, -0.15) is 0 Å². The molecule has 1 aromatic carbocycles. The summed E-state index contributed by atoms with van der Waals surface area (Å²) in [7, 11) is 0. The van der Waals surface area contributed by atoms with E-state index in [1.807, 2.05) is 13.0 Å². The number of aryl methyl sites for hydroxylation is 1. The van der Waals surface area contributed by atoms with E-state index in [-0.39, 0.29) is 4.85 Å². The molecule has 0 saturated carbocycles. The van der Waals surface area contributed by atoms with Crippen LogP contribution in [0.2, 0.25) is 0 Å². The second-order valence-corrected chi connectivity index (χ2v) is 2.80. The van der Waals surface area contributed by atoms with Crippen LogP contribution in [0.4, 0.5) is 0 Å². The zero-order valence-corrected chi connectivity index (χ0v) is 6.93. The lowest BCUT2D eigenvalue weighted by atomic mass is 10.2. The first-order valence-electron chi connectivity index (χ1n) is 3.74. The van der Waals surface area contributed by atoms with Gasteiger partial charge in [0.15, 0.2) is 0 Å². The normalized spacial score (nSPS) is 10.5. The minimum atomic E-state index is -0.547. The minimum absolute atomic E-state index is 0.238. The Morgan fingerprint density at radius 2 is 2.23 bits per heavy atom. The van der Waals surface area contributed by atoms with E-state index in [2.05, 4.69) is 10.3 Å². The molecule has 0 spiro atoms. The summed E-state index contributed by atoms with van der Waals surface area (Å²) in [6, 6.07) is 5.19. The molecule has 5 nitrogen and oxygen atoms in total. The molecular formula is C8H7N3O2. The van der Waals surface area contributed by atoms with Crippen LogP contribution in [0.5, 0.6) is 0 Å². The molecule has 1 heterocycles. The van der Waals surface area contributed by atoms with Gasteiger partial charge < -0.3 is 5.21 Å². The second-order valence-electron chi connectivity index (χ2n) is 2.80. The zero-order chi connectivity index (χ0) is 9.42. The minimum Gasteiger partial charge on any atom is -0.407 e. The van der Waals surface area contributed by atoms with E-state index in [0.29, 0.717) is 10.9 Å². The summed E-state index contributed by atoms with van der Waals surface area (Å²) in [5, 5.41) is 16.2. The van der Waals surface area contributed by atoms with Crippen LogP contribution in [0, 0.1) is 6.92 Å². The van der Waals surface area contributed by atoms with Crippen LogP contribution >= 0.6 is 0 Å². The number of nitrogens with zero attached hydrogens (tertiary/aromatic N) is 3. The smallest absolute Gasteiger partial charge is 0.314 e. The molecule has 1 N–H and O–H groups in total. The maximum absolute atomic E-state index is 11.3.